The second-order valence-electron chi connectivity index (χ2n) is 18.3. The minimum atomic E-state index is -3.57. The summed E-state index contributed by atoms with van der Waals surface area (Å²) in [4.78, 5) is 70.7. The van der Waals surface area contributed by atoms with Gasteiger partial charge in [0.1, 0.15) is 12.1 Å². The Morgan fingerprint density at radius 3 is 2.06 bits per heavy atom. The Morgan fingerprint density at radius 2 is 1.50 bits per heavy atom. The number of sulfone groups is 1. The molecule has 5 rings (SSSR count). The summed E-state index contributed by atoms with van der Waals surface area (Å²) in [6, 6.07) is -3.61. The molecule has 1 aliphatic heterocycles. The first kappa shape index (κ1) is 40.1. The van der Waals surface area contributed by atoms with E-state index < -0.39 is 67.3 Å². The van der Waals surface area contributed by atoms with Crippen LogP contribution in [0.3, 0.4) is 0 Å². The number of hydrogen-bond acceptors (Lipinski definition) is 7. The normalized spacial score (nSPS) is 27.2. The summed E-state index contributed by atoms with van der Waals surface area (Å²) in [5.74, 6) is -0.182. The van der Waals surface area contributed by atoms with Crippen LogP contribution in [0.2, 0.25) is 0 Å². The monoisotopic (exact) mass is 743 g/mol. The van der Waals surface area contributed by atoms with E-state index in [1.165, 1.54) is 0 Å². The van der Waals surface area contributed by atoms with Crippen molar-refractivity contribution in [3.8, 4) is 12.3 Å². The van der Waals surface area contributed by atoms with Gasteiger partial charge in [0.25, 0.3) is 5.91 Å². The van der Waals surface area contributed by atoms with Crippen molar-refractivity contribution in [2.45, 2.75) is 166 Å². The number of Topliss-reactive ketones (excluding diaryl/α,β-unsaturated/α-hetero) is 1. The van der Waals surface area contributed by atoms with E-state index in [0.717, 1.165) is 51.4 Å². The van der Waals surface area contributed by atoms with Gasteiger partial charge in [-0.05, 0) is 88.4 Å². The molecular weight excluding hydrogens is 683 g/mol. The topological polar surface area (TPSA) is 171 Å². The van der Waals surface area contributed by atoms with Crippen molar-refractivity contribution >= 4 is 39.4 Å². The fourth-order valence-corrected chi connectivity index (χ4v) is 10.6. The van der Waals surface area contributed by atoms with Gasteiger partial charge in [-0.25, -0.2) is 13.2 Å². The summed E-state index contributed by atoms with van der Waals surface area (Å²) >= 11 is 0. The van der Waals surface area contributed by atoms with Crippen LogP contribution in [0.1, 0.15) is 131 Å². The van der Waals surface area contributed by atoms with E-state index in [9.17, 15) is 32.4 Å². The number of nitrogens with zero attached hydrogens (tertiary/aromatic N) is 1. The Kier molecular flexibility index (Phi) is 11.5. The number of likely N-dealkylation sites (tertiary alicyclic amines) is 1. The summed E-state index contributed by atoms with van der Waals surface area (Å²) in [6.45, 7) is 11.5. The zero-order valence-corrected chi connectivity index (χ0v) is 32.9. The van der Waals surface area contributed by atoms with Crippen LogP contribution >= 0.6 is 0 Å². The first-order valence-corrected chi connectivity index (χ1v) is 21.1. The van der Waals surface area contributed by atoms with Crippen LogP contribution in [-0.2, 0) is 29.0 Å². The van der Waals surface area contributed by atoms with Crippen LogP contribution < -0.4 is 21.3 Å². The summed E-state index contributed by atoms with van der Waals surface area (Å²) in [7, 11) is -3.57. The Hall–Kier alpha value is -3.14. The Balaban J connectivity index is 1.39. The first-order valence-electron chi connectivity index (χ1n) is 19.5. The van der Waals surface area contributed by atoms with Gasteiger partial charge in [-0.3, -0.25) is 19.2 Å². The molecule has 5 aliphatic rings. The maximum absolute atomic E-state index is 14.9. The van der Waals surface area contributed by atoms with Gasteiger partial charge in [-0.1, -0.05) is 59.3 Å². The Labute approximate surface area is 310 Å². The van der Waals surface area contributed by atoms with Crippen molar-refractivity contribution in [3.63, 3.8) is 0 Å². The van der Waals surface area contributed by atoms with E-state index in [2.05, 4.69) is 41.0 Å². The smallest absolute Gasteiger partial charge is 0.315 e. The van der Waals surface area contributed by atoms with Crippen LogP contribution in [0.5, 0.6) is 0 Å². The van der Waals surface area contributed by atoms with Crippen molar-refractivity contribution < 1.29 is 32.4 Å². The van der Waals surface area contributed by atoms with E-state index in [0.29, 0.717) is 32.2 Å². The zero-order chi connectivity index (χ0) is 38.3. The van der Waals surface area contributed by atoms with Crippen molar-refractivity contribution in [2.24, 2.45) is 22.7 Å². The molecule has 4 aliphatic carbocycles. The standard InChI is InChI=1S/C39H61N5O7S/c1-8-9-16-27(30(45)33(47)40-25-17-18-25)41-32(46)29-28-26(37(28,5)6)23-44(29)34(48)31(38(7)19-12-10-13-20-38)42-35(49)43-39(21-14-11-15-22-39)24-52(50,51)36(2,3)4/h1,25-29,31H,9-24H2,2-7H3,(H,40,47)(H,41,46)(H2,42,43,49)/t26-,27?,28-,29-,31+/m0/s1. The predicted molar refractivity (Wildman–Crippen MR) is 198 cm³/mol. The molecule has 0 aromatic carbocycles. The van der Waals surface area contributed by atoms with E-state index in [1.807, 2.05) is 6.92 Å². The molecule has 4 N–H and O–H groups in total. The first-order chi connectivity index (χ1) is 24.3. The molecule has 0 radical (unpaired) electrons. The predicted octanol–water partition coefficient (Wildman–Crippen LogP) is 3.77. The van der Waals surface area contributed by atoms with Gasteiger partial charge in [0.15, 0.2) is 9.84 Å². The molecular formula is C39H61N5O7S. The maximum atomic E-state index is 14.9. The molecule has 0 aromatic rings. The van der Waals surface area contributed by atoms with Crippen molar-refractivity contribution in [1.29, 1.82) is 0 Å². The van der Waals surface area contributed by atoms with Crippen LogP contribution in [0.4, 0.5) is 4.79 Å². The van der Waals surface area contributed by atoms with Gasteiger partial charge in [0.2, 0.25) is 17.6 Å². The quantitative estimate of drug-likeness (QED) is 0.164. The van der Waals surface area contributed by atoms with E-state index in [-0.39, 0.29) is 47.8 Å². The van der Waals surface area contributed by atoms with Gasteiger partial charge in [0.05, 0.1) is 22.1 Å². The van der Waals surface area contributed by atoms with Gasteiger partial charge >= 0.3 is 6.03 Å². The molecule has 290 valence electrons. The number of terminal acetylenes is 1. The molecule has 12 nitrogen and oxygen atoms in total. The lowest BCUT2D eigenvalue weighted by molar-refractivity contribution is -0.146. The van der Waals surface area contributed by atoms with Gasteiger partial charge in [-0.2, -0.15) is 0 Å². The lowest BCUT2D eigenvalue weighted by Crippen LogP contribution is -2.65. The van der Waals surface area contributed by atoms with Crippen molar-refractivity contribution in [1.82, 2.24) is 26.2 Å². The third-order valence-electron chi connectivity index (χ3n) is 12.9. The maximum Gasteiger partial charge on any atom is 0.315 e. The summed E-state index contributed by atoms with van der Waals surface area (Å²) in [5.41, 5.74) is -1.77. The molecule has 13 heteroatoms. The summed E-state index contributed by atoms with van der Waals surface area (Å²) in [6.07, 6.45) is 15.2. The van der Waals surface area contributed by atoms with Crippen molar-refractivity contribution in [2.75, 3.05) is 12.3 Å². The van der Waals surface area contributed by atoms with Crippen LogP contribution in [0.15, 0.2) is 0 Å². The number of fused-ring (bicyclic) bond motifs is 1. The SMILES string of the molecule is C#CCCC(NC(=O)[C@@H]1[C@@H]2[C@H](CN1C(=O)[C@@H](NC(=O)NC1(CS(=O)(=O)C(C)(C)C)CCCCC1)C1(C)CCCCC1)C2(C)C)C(=O)C(=O)NC1CC1. The molecule has 52 heavy (non-hydrogen) atoms. The molecule has 4 saturated carbocycles. The second kappa shape index (κ2) is 14.9. The third-order valence-corrected chi connectivity index (χ3v) is 15.7. The molecule has 0 spiro atoms. The largest absolute Gasteiger partial charge is 0.347 e. The molecule has 1 saturated heterocycles. The molecule has 1 unspecified atom stereocenters. The summed E-state index contributed by atoms with van der Waals surface area (Å²) in [5, 5.41) is 11.6. The van der Waals surface area contributed by atoms with E-state index in [4.69, 9.17) is 6.42 Å². The lowest BCUT2D eigenvalue weighted by atomic mass is 9.70. The van der Waals surface area contributed by atoms with Gasteiger partial charge in [-0.15, -0.1) is 12.3 Å². The number of piperidine rings is 1. The molecule has 5 amide bonds. The number of amides is 5. The van der Waals surface area contributed by atoms with Gasteiger partial charge < -0.3 is 26.2 Å². The fourth-order valence-electron chi connectivity index (χ4n) is 9.08. The number of urea groups is 1. The van der Waals surface area contributed by atoms with Crippen LogP contribution in [0, 0.1) is 35.0 Å². The van der Waals surface area contributed by atoms with Crippen LogP contribution in [0.25, 0.3) is 0 Å². The molecule has 5 atom stereocenters. The lowest BCUT2D eigenvalue weighted by Gasteiger charge is -2.44. The molecule has 0 aromatic heterocycles. The third kappa shape index (κ3) is 8.47. The highest BCUT2D eigenvalue weighted by Crippen LogP contribution is 2.65. The highest BCUT2D eigenvalue weighted by Gasteiger charge is 2.70. The number of ketones is 1. The van der Waals surface area contributed by atoms with Crippen molar-refractivity contribution in [3.05, 3.63) is 0 Å². The number of rotatable bonds is 13. The number of carbonyl (C=O) groups excluding carboxylic acids is 5. The zero-order valence-electron chi connectivity index (χ0n) is 32.1. The molecule has 1 heterocycles. The number of nitrogens with one attached hydrogen (secondary N) is 4. The van der Waals surface area contributed by atoms with E-state index in [1.54, 1.807) is 25.7 Å². The minimum absolute atomic E-state index is 0.0323. The average Bonchev–Trinajstić information content (AvgIpc) is 3.92. The second-order valence-corrected chi connectivity index (χ2v) is 21.0. The Morgan fingerprint density at radius 1 is 0.904 bits per heavy atom. The van der Waals surface area contributed by atoms with E-state index >= 15 is 0 Å². The average molecular weight is 744 g/mol. The molecule has 0 bridgehead atoms. The molecule has 5 fully saturated rings. The summed E-state index contributed by atoms with van der Waals surface area (Å²) < 4.78 is 25.9. The highest BCUT2D eigenvalue weighted by atomic mass is 32.2. The minimum Gasteiger partial charge on any atom is -0.347 e. The van der Waals surface area contributed by atoms with Gasteiger partial charge in [0, 0.05) is 19.0 Å². The van der Waals surface area contributed by atoms with Crippen LogP contribution in [-0.4, -0.2) is 89.6 Å². The highest BCUT2D eigenvalue weighted by molar-refractivity contribution is 7.92. The Bertz CT molecular complexity index is 1560. The number of carbonyl (C=O) groups is 5. The number of hydrogen-bond donors (Lipinski definition) is 4. The fraction of sp³-hybridized carbons (Fsp3) is 0.821.